The molecule has 7 atom stereocenters. The van der Waals surface area contributed by atoms with Crippen molar-refractivity contribution in [3.63, 3.8) is 0 Å². The van der Waals surface area contributed by atoms with E-state index < -0.39 is 11.2 Å². The van der Waals surface area contributed by atoms with E-state index in [0.717, 1.165) is 19.3 Å². The van der Waals surface area contributed by atoms with Gasteiger partial charge in [-0.2, -0.15) is 10.6 Å². The number of esters is 1. The fourth-order valence-corrected chi connectivity index (χ4v) is 5.15. The molecule has 2 aliphatic carbocycles. The van der Waals surface area contributed by atoms with Gasteiger partial charge in [-0.1, -0.05) is 0 Å². The van der Waals surface area contributed by atoms with E-state index in [0.29, 0.717) is 18.0 Å². The van der Waals surface area contributed by atoms with E-state index in [-0.39, 0.29) is 32.7 Å². The lowest BCUT2D eigenvalue weighted by Gasteiger charge is -2.41. The van der Waals surface area contributed by atoms with Crippen LogP contribution in [0.4, 0.5) is 4.79 Å². The molecule has 0 aromatic carbocycles. The van der Waals surface area contributed by atoms with Gasteiger partial charge in [-0.3, -0.25) is 4.79 Å². The van der Waals surface area contributed by atoms with E-state index in [9.17, 15) is 9.59 Å². The standard InChI is InChI=1S/C12H20N3O4P/c13-15(14)12(17)19-20-5-10-7-1-6-2-8(4-7)18-11(16)9(10)3-6/h6-10,13,15,20H,1-5,14H2. The zero-order valence-electron chi connectivity index (χ0n) is 11.1. The van der Waals surface area contributed by atoms with Crippen molar-refractivity contribution in [3.8, 4) is 0 Å². The largest absolute Gasteiger partial charge is 0.526 e. The second kappa shape index (κ2) is 5.56. The minimum absolute atomic E-state index is 0.0326. The van der Waals surface area contributed by atoms with E-state index in [1.165, 1.54) is 6.42 Å². The average Bonchev–Trinajstić information content (AvgIpc) is 2.55. The number of amides is 1. The van der Waals surface area contributed by atoms with Crippen molar-refractivity contribution in [1.29, 1.82) is 0 Å². The van der Waals surface area contributed by atoms with Crippen molar-refractivity contribution < 1.29 is 24.0 Å². The van der Waals surface area contributed by atoms with Crippen LogP contribution in [0, 0.1) is 23.7 Å². The summed E-state index contributed by atoms with van der Waals surface area (Å²) >= 11 is 0. The third kappa shape index (κ3) is 2.68. The van der Waals surface area contributed by atoms with Crippen LogP contribution in [0.25, 0.3) is 5.84 Å². The quantitative estimate of drug-likeness (QED) is 0.258. The van der Waals surface area contributed by atoms with E-state index in [1.807, 2.05) is 0 Å². The fourth-order valence-electron chi connectivity index (χ4n) is 4.02. The highest BCUT2D eigenvalue weighted by molar-refractivity contribution is 7.32. The number of ether oxygens (including phenoxy) is 1. The molecular formula is C12H20N3O4P. The first-order valence-corrected chi connectivity index (χ1v) is 8.14. The second-order valence-electron chi connectivity index (χ2n) is 6.05. The number of quaternary nitrogens is 1. The molecule has 7 unspecified atom stereocenters. The van der Waals surface area contributed by atoms with Gasteiger partial charge in [0.15, 0.2) is 0 Å². The lowest BCUT2D eigenvalue weighted by Crippen LogP contribution is -3.14. The third-order valence-electron chi connectivity index (χ3n) is 4.80. The Bertz CT molecular complexity index is 420. The highest BCUT2D eigenvalue weighted by Crippen LogP contribution is 2.51. The Morgan fingerprint density at radius 2 is 2.25 bits per heavy atom. The molecule has 4 rings (SSSR count). The van der Waals surface area contributed by atoms with Gasteiger partial charge in [0.2, 0.25) is 0 Å². The molecule has 0 radical (unpaired) electrons. The molecule has 0 aromatic heterocycles. The number of nitrogens with one attached hydrogen (secondary N) is 2. The molecule has 2 saturated heterocycles. The molecule has 0 spiro atoms. The number of hydrogen-bond donors (Lipinski definition) is 2. The highest BCUT2D eigenvalue weighted by Gasteiger charge is 2.50. The summed E-state index contributed by atoms with van der Waals surface area (Å²) in [7, 11) is -0.0395. The minimum atomic E-state index is -0.771. The Morgan fingerprint density at radius 3 is 3.00 bits per heavy atom. The van der Waals surface area contributed by atoms with Crippen LogP contribution >= 0.6 is 8.81 Å². The van der Waals surface area contributed by atoms with Crippen molar-refractivity contribution in [2.75, 3.05) is 6.16 Å². The summed E-state index contributed by atoms with van der Waals surface area (Å²) in [4.78, 5) is 23.3. The average molecular weight is 301 g/mol. The molecule has 112 valence electrons. The Balaban J connectivity index is 1.61. The summed E-state index contributed by atoms with van der Waals surface area (Å²) in [5.41, 5.74) is 0. The van der Waals surface area contributed by atoms with Crippen LogP contribution in [0.2, 0.25) is 0 Å². The van der Waals surface area contributed by atoms with Gasteiger partial charge in [0.25, 0.3) is 0 Å². The molecule has 4 N–H and O–H groups in total. The van der Waals surface area contributed by atoms with E-state index in [4.69, 9.17) is 20.9 Å². The molecule has 4 aliphatic rings. The van der Waals surface area contributed by atoms with Crippen molar-refractivity contribution in [2.45, 2.75) is 31.8 Å². The molecule has 8 heteroatoms. The van der Waals surface area contributed by atoms with Gasteiger partial charge < -0.3 is 15.1 Å². The van der Waals surface area contributed by atoms with Gasteiger partial charge in [0, 0.05) is 6.16 Å². The maximum Gasteiger partial charge on any atom is 0.526 e. The topological polar surface area (TPSA) is 107 Å². The maximum absolute atomic E-state index is 12.1. The number of rotatable bonds is 3. The monoisotopic (exact) mass is 301 g/mol. The molecule has 2 saturated carbocycles. The van der Waals surface area contributed by atoms with Crippen molar-refractivity contribution in [1.82, 2.24) is 0 Å². The highest BCUT2D eigenvalue weighted by atomic mass is 31.1. The van der Waals surface area contributed by atoms with Crippen LogP contribution in [0.15, 0.2) is 0 Å². The molecular weight excluding hydrogens is 281 g/mol. The smallest absolute Gasteiger partial charge is 0.462 e. The van der Waals surface area contributed by atoms with Crippen molar-refractivity contribution in [2.24, 2.45) is 29.5 Å². The van der Waals surface area contributed by atoms with Crippen LogP contribution in [-0.2, 0) is 14.1 Å². The number of carbonyl (C=O) groups excluding carboxylic acids is 2. The molecule has 7 nitrogen and oxygen atoms in total. The van der Waals surface area contributed by atoms with Gasteiger partial charge in [-0.15, -0.1) is 0 Å². The van der Waals surface area contributed by atoms with Gasteiger partial charge in [0.1, 0.15) is 6.10 Å². The van der Waals surface area contributed by atoms with Crippen LogP contribution in [0.1, 0.15) is 25.7 Å². The predicted octanol–water partition coefficient (Wildman–Crippen LogP) is 0.420. The normalized spacial score (nSPS) is 40.7. The van der Waals surface area contributed by atoms with Gasteiger partial charge in [0.05, 0.1) is 14.7 Å². The van der Waals surface area contributed by atoms with Gasteiger partial charge >= 0.3 is 12.1 Å². The summed E-state index contributed by atoms with van der Waals surface area (Å²) in [6.07, 6.45) is 4.07. The number of fused-ring (bicyclic) bond motifs is 1. The number of carbonyl (C=O) groups is 2. The van der Waals surface area contributed by atoms with Crippen LogP contribution in [0.5, 0.6) is 0 Å². The van der Waals surface area contributed by atoms with Crippen LogP contribution < -0.4 is 11.0 Å². The second-order valence-corrected chi connectivity index (χ2v) is 6.95. The summed E-state index contributed by atoms with van der Waals surface area (Å²) in [6, 6.07) is 0. The molecule has 4 fully saturated rings. The lowest BCUT2D eigenvalue weighted by molar-refractivity contribution is -0.779. The third-order valence-corrected chi connectivity index (χ3v) is 5.76. The van der Waals surface area contributed by atoms with Gasteiger partial charge in [-0.05, 0) is 43.4 Å². The fraction of sp³-hybridized carbons (Fsp3) is 0.833. The summed E-state index contributed by atoms with van der Waals surface area (Å²) < 4.78 is 10.5. The summed E-state index contributed by atoms with van der Waals surface area (Å²) in [6.45, 7) is 0. The summed E-state index contributed by atoms with van der Waals surface area (Å²) in [5.74, 6) is 13.3. The first-order valence-electron chi connectivity index (χ1n) is 7.03. The lowest BCUT2D eigenvalue weighted by atomic mass is 9.63. The predicted molar refractivity (Wildman–Crippen MR) is 71.4 cm³/mol. The summed E-state index contributed by atoms with van der Waals surface area (Å²) in [5, 5.41) is -0.570. The van der Waals surface area contributed by atoms with Gasteiger partial charge in [-0.25, -0.2) is 5.12 Å². The molecule has 2 aliphatic heterocycles. The Kier molecular flexibility index (Phi) is 3.95. The minimum Gasteiger partial charge on any atom is -0.462 e. The first kappa shape index (κ1) is 14.2. The zero-order valence-corrected chi connectivity index (χ0v) is 12.1. The van der Waals surface area contributed by atoms with Crippen molar-refractivity contribution >= 4 is 20.9 Å². The Labute approximate surface area is 119 Å². The first-order chi connectivity index (χ1) is 9.54. The van der Waals surface area contributed by atoms with Crippen LogP contribution in [-0.4, -0.2) is 24.3 Å². The Hall–Kier alpha value is -0.750. The molecule has 20 heavy (non-hydrogen) atoms. The Morgan fingerprint density at radius 1 is 1.45 bits per heavy atom. The maximum atomic E-state index is 12.1. The molecule has 0 aromatic rings. The van der Waals surface area contributed by atoms with Crippen LogP contribution in [0.3, 0.4) is 0 Å². The van der Waals surface area contributed by atoms with E-state index in [1.54, 1.807) is 0 Å². The van der Waals surface area contributed by atoms with E-state index in [2.05, 4.69) is 0 Å². The number of hydrogen-bond acceptors (Lipinski definition) is 5. The molecule has 2 heterocycles. The zero-order chi connectivity index (χ0) is 14.3. The molecule has 1 amide bonds. The molecule has 4 bridgehead atoms. The number of nitrogens with two attached hydrogens (primary N) is 1. The van der Waals surface area contributed by atoms with E-state index >= 15 is 0 Å². The SMILES string of the molecule is [NH-][NH+](N)C(=O)OPCC1C2CC3CC(C2)OC(=O)C1C3. The van der Waals surface area contributed by atoms with Crippen molar-refractivity contribution in [3.05, 3.63) is 5.84 Å².